The number of hydrogen-bond acceptors (Lipinski definition) is 3. The average Bonchev–Trinajstić information content (AvgIpc) is 3.26. The molecule has 0 saturated carbocycles. The molecule has 1 aromatic heterocycles. The number of aromatic nitrogens is 1. The van der Waals surface area contributed by atoms with Gasteiger partial charge in [0.15, 0.2) is 0 Å². The van der Waals surface area contributed by atoms with Gasteiger partial charge in [-0.2, -0.15) is 0 Å². The summed E-state index contributed by atoms with van der Waals surface area (Å²) in [5, 5.41) is 5.22. The van der Waals surface area contributed by atoms with E-state index < -0.39 is 0 Å². The number of aryl methyl sites for hydroxylation is 1. The second-order valence-corrected chi connectivity index (χ2v) is 8.80. The van der Waals surface area contributed by atoms with Gasteiger partial charge in [-0.15, -0.1) is 12.4 Å². The first-order valence-corrected chi connectivity index (χ1v) is 10.5. The fraction of sp³-hybridized carbons (Fsp3) is 0.375. The van der Waals surface area contributed by atoms with Gasteiger partial charge < -0.3 is 4.52 Å². The molecule has 0 N–H and O–H groups in total. The summed E-state index contributed by atoms with van der Waals surface area (Å²) >= 11 is 6.14. The molecule has 5 heteroatoms. The zero-order valence-corrected chi connectivity index (χ0v) is 18.3. The number of benzene rings is 2. The van der Waals surface area contributed by atoms with E-state index in [0.717, 1.165) is 28.5 Å². The maximum Gasteiger partial charge on any atom is 0.142 e. The van der Waals surface area contributed by atoms with E-state index in [-0.39, 0.29) is 12.4 Å². The van der Waals surface area contributed by atoms with Gasteiger partial charge in [0.25, 0.3) is 0 Å². The van der Waals surface area contributed by atoms with Gasteiger partial charge in [-0.25, -0.2) is 0 Å². The number of piperidine rings is 1. The molecule has 4 atom stereocenters. The van der Waals surface area contributed by atoms with Crippen molar-refractivity contribution in [2.45, 2.75) is 50.1 Å². The second-order valence-electron chi connectivity index (χ2n) is 8.36. The highest BCUT2D eigenvalue weighted by atomic mass is 35.5. The Kier molecular flexibility index (Phi) is 5.74. The van der Waals surface area contributed by atoms with E-state index >= 15 is 0 Å². The van der Waals surface area contributed by atoms with Crippen LogP contribution in [0.2, 0.25) is 5.02 Å². The van der Waals surface area contributed by atoms with E-state index in [0.29, 0.717) is 23.9 Å². The average molecular weight is 429 g/mol. The quantitative estimate of drug-likeness (QED) is 0.479. The van der Waals surface area contributed by atoms with Crippen molar-refractivity contribution in [1.82, 2.24) is 10.1 Å². The first kappa shape index (κ1) is 20.5. The summed E-state index contributed by atoms with van der Waals surface area (Å²) in [5.74, 6) is 1.76. The Bertz CT molecular complexity index is 967. The largest absolute Gasteiger partial charge is 0.360 e. The summed E-state index contributed by atoms with van der Waals surface area (Å²) in [6.07, 6.45) is 3.64. The molecule has 3 heterocycles. The van der Waals surface area contributed by atoms with Gasteiger partial charge in [0.2, 0.25) is 0 Å². The maximum absolute atomic E-state index is 6.14. The van der Waals surface area contributed by atoms with Crippen LogP contribution in [0.5, 0.6) is 0 Å². The monoisotopic (exact) mass is 428 g/mol. The number of halogens is 2. The Labute approximate surface area is 183 Å². The number of hydrogen-bond donors (Lipinski definition) is 0. The minimum absolute atomic E-state index is 0. The maximum atomic E-state index is 6.14. The molecule has 3 nitrogen and oxygen atoms in total. The van der Waals surface area contributed by atoms with E-state index in [1.165, 1.54) is 24.0 Å². The highest BCUT2D eigenvalue weighted by Gasteiger charge is 2.48. The molecule has 5 rings (SSSR count). The number of fused-ring (bicyclic) bond motifs is 2. The summed E-state index contributed by atoms with van der Waals surface area (Å²) in [6.45, 7) is 2.10. The van der Waals surface area contributed by atoms with Crippen LogP contribution < -0.4 is 0 Å². The number of likely N-dealkylation sites (N-methyl/N-ethyl adjacent to an activating group) is 1. The normalized spacial score (nSPS) is 26.3. The van der Waals surface area contributed by atoms with Crippen molar-refractivity contribution < 1.29 is 4.52 Å². The Morgan fingerprint density at radius 1 is 1.03 bits per heavy atom. The van der Waals surface area contributed by atoms with E-state index in [4.69, 9.17) is 16.1 Å². The Morgan fingerprint density at radius 2 is 1.76 bits per heavy atom. The summed E-state index contributed by atoms with van der Waals surface area (Å²) in [7, 11) is 2.27. The molecule has 2 aromatic carbocycles. The van der Waals surface area contributed by atoms with Crippen LogP contribution >= 0.6 is 24.0 Å². The summed E-state index contributed by atoms with van der Waals surface area (Å²) < 4.78 is 5.96. The van der Waals surface area contributed by atoms with Gasteiger partial charge in [-0.05, 0) is 56.8 Å². The van der Waals surface area contributed by atoms with Crippen molar-refractivity contribution in [1.29, 1.82) is 0 Å². The molecule has 2 saturated heterocycles. The predicted octanol–water partition coefficient (Wildman–Crippen LogP) is 6.46. The summed E-state index contributed by atoms with van der Waals surface area (Å²) in [5.41, 5.74) is 4.64. The minimum Gasteiger partial charge on any atom is -0.360 e. The minimum atomic E-state index is 0. The van der Waals surface area contributed by atoms with Crippen molar-refractivity contribution in [2.75, 3.05) is 7.05 Å². The van der Waals surface area contributed by atoms with Crippen LogP contribution in [-0.2, 0) is 0 Å². The van der Waals surface area contributed by atoms with Crippen LogP contribution in [0, 0.1) is 6.92 Å². The van der Waals surface area contributed by atoms with Crippen molar-refractivity contribution in [2.24, 2.45) is 0 Å². The third-order valence-corrected chi connectivity index (χ3v) is 7.02. The van der Waals surface area contributed by atoms with Crippen LogP contribution in [0.1, 0.15) is 48.0 Å². The molecule has 3 aromatic rings. The molecule has 2 aliphatic rings. The Morgan fingerprint density at radius 3 is 2.48 bits per heavy atom. The third kappa shape index (κ3) is 3.72. The molecule has 0 spiro atoms. The van der Waals surface area contributed by atoms with Crippen molar-refractivity contribution in [3.8, 4) is 11.3 Å². The molecular weight excluding hydrogens is 403 g/mol. The van der Waals surface area contributed by atoms with Crippen LogP contribution in [0.3, 0.4) is 0 Å². The van der Waals surface area contributed by atoms with Crippen LogP contribution in [0.4, 0.5) is 0 Å². The summed E-state index contributed by atoms with van der Waals surface area (Å²) in [4.78, 5) is 2.56. The molecule has 152 valence electrons. The predicted molar refractivity (Wildman–Crippen MR) is 120 cm³/mol. The van der Waals surface area contributed by atoms with Gasteiger partial charge in [-0.1, -0.05) is 58.7 Å². The van der Waals surface area contributed by atoms with Gasteiger partial charge in [0, 0.05) is 34.7 Å². The zero-order valence-electron chi connectivity index (χ0n) is 16.7. The van der Waals surface area contributed by atoms with Gasteiger partial charge in [-0.3, -0.25) is 4.90 Å². The van der Waals surface area contributed by atoms with Crippen LogP contribution in [0.25, 0.3) is 11.3 Å². The Hall–Kier alpha value is -1.81. The Balaban J connectivity index is 0.00000205. The lowest BCUT2D eigenvalue weighted by atomic mass is 9.75. The number of nitrogens with zero attached hydrogens (tertiary/aromatic N) is 2. The highest BCUT2D eigenvalue weighted by molar-refractivity contribution is 6.30. The van der Waals surface area contributed by atoms with Crippen molar-refractivity contribution in [3.05, 3.63) is 76.5 Å². The molecular formula is C24H26Cl2N2O. The lowest BCUT2D eigenvalue weighted by molar-refractivity contribution is 0.122. The smallest absolute Gasteiger partial charge is 0.142 e. The van der Waals surface area contributed by atoms with Crippen molar-refractivity contribution in [3.63, 3.8) is 0 Å². The highest BCUT2D eigenvalue weighted by Crippen LogP contribution is 2.51. The van der Waals surface area contributed by atoms with Crippen molar-refractivity contribution >= 4 is 24.0 Å². The molecule has 0 aliphatic carbocycles. The fourth-order valence-electron chi connectivity index (χ4n) is 5.21. The first-order chi connectivity index (χ1) is 13.6. The van der Waals surface area contributed by atoms with E-state index in [1.54, 1.807) is 0 Å². The first-order valence-electron chi connectivity index (χ1n) is 10.1. The third-order valence-electron chi connectivity index (χ3n) is 6.77. The topological polar surface area (TPSA) is 29.3 Å². The van der Waals surface area contributed by atoms with Gasteiger partial charge in [0.1, 0.15) is 11.5 Å². The lowest BCUT2D eigenvalue weighted by Gasteiger charge is -2.42. The van der Waals surface area contributed by atoms with Gasteiger partial charge >= 0.3 is 0 Å². The van der Waals surface area contributed by atoms with Gasteiger partial charge in [0.05, 0.1) is 0 Å². The molecule has 4 unspecified atom stereocenters. The molecule has 2 bridgehead atoms. The lowest BCUT2D eigenvalue weighted by Crippen LogP contribution is -2.44. The zero-order chi connectivity index (χ0) is 19.3. The molecule has 0 amide bonds. The van der Waals surface area contributed by atoms with Crippen LogP contribution in [0.15, 0.2) is 59.1 Å². The second kappa shape index (κ2) is 8.14. The molecule has 2 fully saturated rings. The van der Waals surface area contributed by atoms with E-state index in [1.807, 2.05) is 12.1 Å². The number of rotatable bonds is 3. The van der Waals surface area contributed by atoms with Crippen LogP contribution in [-0.4, -0.2) is 29.2 Å². The van der Waals surface area contributed by atoms with E-state index in [2.05, 4.69) is 66.5 Å². The molecule has 2 aliphatic heterocycles. The summed E-state index contributed by atoms with van der Waals surface area (Å²) in [6, 6.07) is 20.2. The molecule has 29 heavy (non-hydrogen) atoms. The standard InChI is InChI=1S/C24H25ClN2O.ClH/c1-15-3-5-17(6-4-15)21-14-23(28-26-21)24-20(16-7-9-18(25)10-8-16)13-19-11-12-22(24)27(19)2;/h3-10,14,19-20,22,24H,11-13H2,1-2H3;1H. The SMILES string of the molecule is Cc1ccc(-c2cc(C3C(c4ccc(Cl)cc4)CC4CCC3N4C)on2)cc1.Cl. The van der Waals surface area contributed by atoms with E-state index in [9.17, 15) is 0 Å². The molecule has 0 radical (unpaired) electrons. The fourth-order valence-corrected chi connectivity index (χ4v) is 5.34.